The Balaban J connectivity index is 1.97. The van der Waals surface area contributed by atoms with E-state index in [1.165, 1.54) is 14.7 Å². The van der Waals surface area contributed by atoms with Crippen molar-refractivity contribution in [2.75, 3.05) is 0 Å². The Morgan fingerprint density at radius 3 is 2.53 bits per heavy atom. The van der Waals surface area contributed by atoms with Crippen LogP contribution in [0, 0.1) is 3.57 Å². The van der Waals surface area contributed by atoms with Crippen LogP contribution in [0.5, 0.6) is 5.75 Å². The molecule has 0 aliphatic heterocycles. The Morgan fingerprint density at radius 2 is 1.84 bits per heavy atom. The first-order valence-corrected chi connectivity index (χ1v) is 7.43. The predicted octanol–water partition coefficient (Wildman–Crippen LogP) is 3.76. The largest absolute Gasteiger partial charge is 0.489 e. The second-order valence-corrected chi connectivity index (χ2v) is 5.99. The minimum atomic E-state index is 0.173. The van der Waals surface area contributed by atoms with E-state index in [4.69, 9.17) is 10.5 Å². The second-order valence-electron chi connectivity index (χ2n) is 4.74. The van der Waals surface area contributed by atoms with E-state index < -0.39 is 0 Å². The highest BCUT2D eigenvalue weighted by Crippen LogP contribution is 2.16. The van der Waals surface area contributed by atoms with E-state index in [0.717, 1.165) is 12.2 Å². The van der Waals surface area contributed by atoms with Gasteiger partial charge in [0.2, 0.25) is 0 Å². The molecule has 2 aromatic carbocycles. The molecule has 0 saturated heterocycles. The Bertz CT molecular complexity index is 523. The second kappa shape index (κ2) is 6.91. The lowest BCUT2D eigenvalue weighted by Crippen LogP contribution is -2.17. The maximum atomic E-state index is 5.81. The fourth-order valence-electron chi connectivity index (χ4n) is 1.88. The van der Waals surface area contributed by atoms with Gasteiger partial charge >= 0.3 is 0 Å². The summed E-state index contributed by atoms with van der Waals surface area (Å²) >= 11 is 2.30. The van der Waals surface area contributed by atoms with E-state index in [9.17, 15) is 0 Å². The molecule has 0 heterocycles. The van der Waals surface area contributed by atoms with Gasteiger partial charge in [-0.15, -0.1) is 0 Å². The number of ether oxygens (including phenoxy) is 1. The molecular formula is C16H18INO. The Kier molecular flexibility index (Phi) is 5.22. The number of halogens is 1. The average molecular weight is 367 g/mol. The minimum absolute atomic E-state index is 0.173. The third kappa shape index (κ3) is 4.84. The number of rotatable bonds is 5. The summed E-state index contributed by atoms with van der Waals surface area (Å²) in [5.41, 5.74) is 8.21. The SMILES string of the molecule is CC(N)Cc1cccc(OCc2ccc(I)cc2)c1. The van der Waals surface area contributed by atoms with E-state index in [1.54, 1.807) is 0 Å². The number of nitrogens with two attached hydrogens (primary N) is 1. The van der Waals surface area contributed by atoms with Gasteiger partial charge in [0.05, 0.1) is 0 Å². The highest BCUT2D eigenvalue weighted by atomic mass is 127. The lowest BCUT2D eigenvalue weighted by Gasteiger charge is -2.09. The standard InChI is InChI=1S/C16H18INO/c1-12(18)9-14-3-2-4-16(10-14)19-11-13-5-7-15(17)8-6-13/h2-8,10,12H,9,11,18H2,1H3. The maximum Gasteiger partial charge on any atom is 0.120 e. The summed E-state index contributed by atoms with van der Waals surface area (Å²) in [4.78, 5) is 0. The van der Waals surface area contributed by atoms with Crippen molar-refractivity contribution in [3.63, 3.8) is 0 Å². The zero-order chi connectivity index (χ0) is 13.7. The molecule has 0 amide bonds. The van der Waals surface area contributed by atoms with Crippen LogP contribution in [0.25, 0.3) is 0 Å². The average Bonchev–Trinajstić information content (AvgIpc) is 2.38. The fourth-order valence-corrected chi connectivity index (χ4v) is 2.24. The highest BCUT2D eigenvalue weighted by Gasteiger charge is 2.01. The molecule has 0 fully saturated rings. The van der Waals surface area contributed by atoms with Crippen LogP contribution in [0.3, 0.4) is 0 Å². The topological polar surface area (TPSA) is 35.2 Å². The van der Waals surface area contributed by atoms with E-state index >= 15 is 0 Å². The van der Waals surface area contributed by atoms with Crippen LogP contribution in [-0.4, -0.2) is 6.04 Å². The fraction of sp³-hybridized carbons (Fsp3) is 0.250. The first kappa shape index (κ1) is 14.3. The Labute approximate surface area is 128 Å². The summed E-state index contributed by atoms with van der Waals surface area (Å²) in [7, 11) is 0. The highest BCUT2D eigenvalue weighted by molar-refractivity contribution is 14.1. The van der Waals surface area contributed by atoms with Gasteiger partial charge in [0, 0.05) is 9.61 Å². The molecule has 0 aromatic heterocycles. The molecule has 0 bridgehead atoms. The van der Waals surface area contributed by atoms with E-state index in [-0.39, 0.29) is 6.04 Å². The summed E-state index contributed by atoms with van der Waals surface area (Å²) in [5, 5.41) is 0. The summed E-state index contributed by atoms with van der Waals surface area (Å²) in [6, 6.07) is 16.7. The van der Waals surface area contributed by atoms with Crippen molar-refractivity contribution in [1.29, 1.82) is 0 Å². The van der Waals surface area contributed by atoms with Crippen molar-refractivity contribution in [3.8, 4) is 5.75 Å². The molecule has 2 aromatic rings. The summed E-state index contributed by atoms with van der Waals surface area (Å²) in [6.07, 6.45) is 0.876. The van der Waals surface area contributed by atoms with E-state index in [0.29, 0.717) is 6.61 Å². The molecule has 2 nitrogen and oxygen atoms in total. The Hall–Kier alpha value is -1.07. The zero-order valence-corrected chi connectivity index (χ0v) is 13.1. The maximum absolute atomic E-state index is 5.81. The quantitative estimate of drug-likeness (QED) is 0.817. The first-order valence-electron chi connectivity index (χ1n) is 6.35. The molecular weight excluding hydrogens is 349 g/mol. The van der Waals surface area contributed by atoms with Gasteiger partial charge in [-0.2, -0.15) is 0 Å². The predicted molar refractivity (Wildman–Crippen MR) is 87.3 cm³/mol. The van der Waals surface area contributed by atoms with Crippen LogP contribution in [-0.2, 0) is 13.0 Å². The van der Waals surface area contributed by atoms with Gasteiger partial charge in [-0.3, -0.25) is 0 Å². The minimum Gasteiger partial charge on any atom is -0.489 e. The number of benzene rings is 2. The number of hydrogen-bond acceptors (Lipinski definition) is 2. The van der Waals surface area contributed by atoms with Crippen molar-refractivity contribution in [2.24, 2.45) is 5.73 Å². The third-order valence-electron chi connectivity index (χ3n) is 2.77. The molecule has 19 heavy (non-hydrogen) atoms. The smallest absolute Gasteiger partial charge is 0.120 e. The van der Waals surface area contributed by atoms with Gasteiger partial charge in [0.25, 0.3) is 0 Å². The molecule has 0 spiro atoms. The lowest BCUT2D eigenvalue weighted by molar-refractivity contribution is 0.306. The Morgan fingerprint density at radius 1 is 1.11 bits per heavy atom. The summed E-state index contributed by atoms with van der Waals surface area (Å²) in [5.74, 6) is 0.900. The van der Waals surface area contributed by atoms with Crippen molar-refractivity contribution in [3.05, 3.63) is 63.2 Å². The molecule has 0 aliphatic rings. The van der Waals surface area contributed by atoms with Gasteiger partial charge in [-0.1, -0.05) is 24.3 Å². The lowest BCUT2D eigenvalue weighted by atomic mass is 10.1. The number of hydrogen-bond donors (Lipinski definition) is 1. The van der Waals surface area contributed by atoms with Gasteiger partial charge in [0.15, 0.2) is 0 Å². The van der Waals surface area contributed by atoms with Gasteiger partial charge in [-0.05, 0) is 71.3 Å². The molecule has 1 atom stereocenters. The molecule has 0 saturated carbocycles. The van der Waals surface area contributed by atoms with E-state index in [1.807, 2.05) is 19.1 Å². The van der Waals surface area contributed by atoms with Crippen LogP contribution in [0.15, 0.2) is 48.5 Å². The van der Waals surface area contributed by atoms with Crippen molar-refractivity contribution in [2.45, 2.75) is 26.0 Å². The first-order chi connectivity index (χ1) is 9.13. The van der Waals surface area contributed by atoms with Gasteiger partial charge < -0.3 is 10.5 Å². The van der Waals surface area contributed by atoms with Crippen LogP contribution >= 0.6 is 22.6 Å². The van der Waals surface area contributed by atoms with Crippen molar-refractivity contribution < 1.29 is 4.74 Å². The van der Waals surface area contributed by atoms with Crippen LogP contribution in [0.4, 0.5) is 0 Å². The van der Waals surface area contributed by atoms with Crippen LogP contribution in [0.2, 0.25) is 0 Å². The van der Waals surface area contributed by atoms with Crippen molar-refractivity contribution in [1.82, 2.24) is 0 Å². The molecule has 2 rings (SSSR count). The molecule has 0 aliphatic carbocycles. The zero-order valence-electron chi connectivity index (χ0n) is 11.0. The van der Waals surface area contributed by atoms with Gasteiger partial charge in [-0.25, -0.2) is 0 Å². The molecule has 2 N–H and O–H groups in total. The van der Waals surface area contributed by atoms with Gasteiger partial charge in [0.1, 0.15) is 12.4 Å². The monoisotopic (exact) mass is 367 g/mol. The van der Waals surface area contributed by atoms with Crippen molar-refractivity contribution >= 4 is 22.6 Å². The van der Waals surface area contributed by atoms with Crippen LogP contribution in [0.1, 0.15) is 18.1 Å². The molecule has 0 radical (unpaired) electrons. The molecule has 3 heteroatoms. The normalized spacial score (nSPS) is 12.2. The summed E-state index contributed by atoms with van der Waals surface area (Å²) in [6.45, 7) is 2.61. The molecule has 1 unspecified atom stereocenters. The van der Waals surface area contributed by atoms with Crippen LogP contribution < -0.4 is 10.5 Å². The molecule has 100 valence electrons. The van der Waals surface area contributed by atoms with E-state index in [2.05, 4.69) is 59.0 Å². The third-order valence-corrected chi connectivity index (χ3v) is 3.49. The summed E-state index contributed by atoms with van der Waals surface area (Å²) < 4.78 is 7.05.